The maximum Gasteiger partial charge on any atom is 0.244 e. The van der Waals surface area contributed by atoms with E-state index in [1.807, 2.05) is 36.4 Å². The van der Waals surface area contributed by atoms with Crippen molar-refractivity contribution in [3.05, 3.63) is 59.7 Å². The Morgan fingerprint density at radius 3 is 1.97 bits per heavy atom. The van der Waals surface area contributed by atoms with Gasteiger partial charge in [0.2, 0.25) is 25.4 Å². The molecule has 8 nitrogen and oxygen atoms in total. The Labute approximate surface area is 223 Å². The second kappa shape index (κ2) is 10.4. The number of hydrogen-bond acceptors (Lipinski definition) is 6. The van der Waals surface area contributed by atoms with Crippen molar-refractivity contribution in [3.63, 3.8) is 0 Å². The molecule has 2 atom stereocenters. The molecule has 2 aromatic carbocycles. The van der Waals surface area contributed by atoms with Gasteiger partial charge >= 0.3 is 0 Å². The van der Waals surface area contributed by atoms with E-state index in [2.05, 4.69) is 31.4 Å². The van der Waals surface area contributed by atoms with Crippen LogP contribution in [-0.2, 0) is 9.59 Å². The highest BCUT2D eigenvalue weighted by atomic mass is 16.7. The number of hydrogen-bond donors (Lipinski definition) is 2. The van der Waals surface area contributed by atoms with Gasteiger partial charge in [-0.3, -0.25) is 9.59 Å². The minimum atomic E-state index is -0.153. The van der Waals surface area contributed by atoms with Gasteiger partial charge in [-0.1, -0.05) is 32.9 Å². The molecule has 38 heavy (non-hydrogen) atoms. The molecule has 2 heterocycles. The molecule has 1 saturated carbocycles. The lowest BCUT2D eigenvalue weighted by molar-refractivity contribution is -0.119. The van der Waals surface area contributed by atoms with Crippen molar-refractivity contribution in [1.29, 1.82) is 0 Å². The molecule has 2 unspecified atom stereocenters. The maximum atomic E-state index is 12.7. The molecule has 0 radical (unpaired) electrons. The Hall–Kier alpha value is -3.94. The van der Waals surface area contributed by atoms with Crippen LogP contribution in [0.2, 0.25) is 0 Å². The van der Waals surface area contributed by atoms with E-state index in [0.717, 1.165) is 30.4 Å². The molecule has 2 aliphatic heterocycles. The summed E-state index contributed by atoms with van der Waals surface area (Å²) in [6.07, 6.45) is 9.24. The largest absolute Gasteiger partial charge is 0.454 e. The van der Waals surface area contributed by atoms with E-state index in [0.29, 0.717) is 29.5 Å². The summed E-state index contributed by atoms with van der Waals surface area (Å²) in [7, 11) is 0. The van der Waals surface area contributed by atoms with E-state index in [4.69, 9.17) is 18.9 Å². The van der Waals surface area contributed by atoms with Crippen LogP contribution in [0.3, 0.4) is 0 Å². The summed E-state index contributed by atoms with van der Waals surface area (Å²) in [5.74, 6) is 2.51. The minimum Gasteiger partial charge on any atom is -0.454 e. The Balaban J connectivity index is 1.15. The lowest BCUT2D eigenvalue weighted by atomic mass is 9.62. The summed E-state index contributed by atoms with van der Waals surface area (Å²) in [5.41, 5.74) is 1.61. The summed E-state index contributed by atoms with van der Waals surface area (Å²) in [6.45, 7) is 7.57. The molecule has 0 spiro atoms. The van der Waals surface area contributed by atoms with E-state index in [1.54, 1.807) is 18.2 Å². The highest BCUT2D eigenvalue weighted by Crippen LogP contribution is 2.45. The number of rotatable bonds is 7. The predicted octanol–water partition coefficient (Wildman–Crippen LogP) is 4.69. The molecular formula is C30H34N2O6. The number of nitrogens with one attached hydrogen (secondary N) is 2. The molecule has 1 fully saturated rings. The Morgan fingerprint density at radius 1 is 0.816 bits per heavy atom. The van der Waals surface area contributed by atoms with E-state index in [-0.39, 0.29) is 42.3 Å². The van der Waals surface area contributed by atoms with Crippen molar-refractivity contribution in [3.8, 4) is 23.0 Å². The van der Waals surface area contributed by atoms with Gasteiger partial charge in [0.25, 0.3) is 0 Å². The Morgan fingerprint density at radius 2 is 1.37 bits per heavy atom. The van der Waals surface area contributed by atoms with Gasteiger partial charge in [0.05, 0.1) is 0 Å². The molecule has 5 rings (SSSR count). The van der Waals surface area contributed by atoms with Crippen LogP contribution in [0.25, 0.3) is 12.2 Å². The Bertz CT molecular complexity index is 1280. The summed E-state index contributed by atoms with van der Waals surface area (Å²) in [4.78, 5) is 25.3. The van der Waals surface area contributed by atoms with Crippen LogP contribution < -0.4 is 29.6 Å². The van der Waals surface area contributed by atoms with Crippen LogP contribution in [0, 0.1) is 10.8 Å². The zero-order chi connectivity index (χ0) is 26.8. The van der Waals surface area contributed by atoms with Gasteiger partial charge < -0.3 is 29.6 Å². The molecule has 200 valence electrons. The first-order valence-electron chi connectivity index (χ1n) is 12.9. The van der Waals surface area contributed by atoms with Crippen molar-refractivity contribution in [2.75, 3.05) is 20.1 Å². The third kappa shape index (κ3) is 6.30. The zero-order valence-electron chi connectivity index (χ0n) is 22.0. The van der Waals surface area contributed by atoms with Crippen LogP contribution in [0.5, 0.6) is 23.0 Å². The van der Waals surface area contributed by atoms with Crippen LogP contribution in [-0.4, -0.2) is 38.0 Å². The average Bonchev–Trinajstić information content (AvgIpc) is 3.52. The van der Waals surface area contributed by atoms with Crippen molar-refractivity contribution in [1.82, 2.24) is 10.6 Å². The van der Waals surface area contributed by atoms with Gasteiger partial charge in [-0.05, 0) is 77.6 Å². The Kier molecular flexibility index (Phi) is 7.06. The predicted molar refractivity (Wildman–Crippen MR) is 144 cm³/mol. The van der Waals surface area contributed by atoms with Crippen molar-refractivity contribution >= 4 is 24.0 Å². The van der Waals surface area contributed by atoms with Crippen LogP contribution >= 0.6 is 0 Å². The quantitative estimate of drug-likeness (QED) is 0.517. The van der Waals surface area contributed by atoms with Gasteiger partial charge in [0, 0.05) is 24.7 Å². The fourth-order valence-corrected chi connectivity index (χ4v) is 5.86. The smallest absolute Gasteiger partial charge is 0.244 e. The lowest BCUT2D eigenvalue weighted by Gasteiger charge is -2.46. The van der Waals surface area contributed by atoms with Gasteiger partial charge in [-0.2, -0.15) is 0 Å². The topological polar surface area (TPSA) is 95.1 Å². The number of carbonyl (C=O) groups excluding carboxylic acids is 2. The average molecular weight is 519 g/mol. The van der Waals surface area contributed by atoms with E-state index in [1.165, 1.54) is 6.08 Å². The molecule has 0 aromatic heterocycles. The van der Waals surface area contributed by atoms with Crippen LogP contribution in [0.4, 0.5) is 0 Å². The molecule has 2 amide bonds. The third-order valence-corrected chi connectivity index (χ3v) is 7.13. The molecule has 2 aromatic rings. The fourth-order valence-electron chi connectivity index (χ4n) is 5.86. The second-order valence-electron chi connectivity index (χ2n) is 11.4. The maximum absolute atomic E-state index is 12.7. The van der Waals surface area contributed by atoms with Crippen molar-refractivity contribution < 1.29 is 28.5 Å². The zero-order valence-corrected chi connectivity index (χ0v) is 22.0. The monoisotopic (exact) mass is 518 g/mol. The van der Waals surface area contributed by atoms with Gasteiger partial charge in [-0.25, -0.2) is 0 Å². The van der Waals surface area contributed by atoms with E-state index < -0.39 is 0 Å². The first-order chi connectivity index (χ1) is 18.2. The van der Waals surface area contributed by atoms with Crippen molar-refractivity contribution in [2.45, 2.75) is 46.1 Å². The molecular weight excluding hydrogens is 484 g/mol. The molecule has 1 aliphatic carbocycles. The molecule has 2 N–H and O–H groups in total. The van der Waals surface area contributed by atoms with Crippen molar-refractivity contribution in [2.24, 2.45) is 10.8 Å². The van der Waals surface area contributed by atoms with Crippen LogP contribution in [0.1, 0.15) is 51.2 Å². The summed E-state index contributed by atoms with van der Waals surface area (Å²) in [5, 5.41) is 6.24. The SMILES string of the molecule is CC1(C)CC(NC(=O)C=Cc2ccc3c(c2)OCO3)CC(C)(CNC(=O)C=Cc2ccc3c(c2)OCO3)C1. The van der Waals surface area contributed by atoms with E-state index in [9.17, 15) is 9.59 Å². The minimum absolute atomic E-state index is 0.0127. The standard InChI is InChI=1S/C30H34N2O6/c1-29(2)14-22(32-28(34)11-7-21-5-9-24-26(13-21)38-19-36-24)15-30(3,16-29)17-31-27(33)10-6-20-4-8-23-25(12-20)37-18-35-23/h4-13,22H,14-19H2,1-3H3,(H,31,33)(H,32,34). The fraction of sp³-hybridized carbons (Fsp3) is 0.400. The normalized spacial score (nSPS) is 23.1. The summed E-state index contributed by atoms with van der Waals surface area (Å²) in [6, 6.07) is 11.2. The highest BCUT2D eigenvalue weighted by Gasteiger charge is 2.41. The summed E-state index contributed by atoms with van der Waals surface area (Å²) < 4.78 is 21.5. The van der Waals surface area contributed by atoms with Gasteiger partial charge in [0.1, 0.15) is 0 Å². The lowest BCUT2D eigenvalue weighted by Crippen LogP contribution is -2.50. The third-order valence-electron chi connectivity index (χ3n) is 7.13. The van der Waals surface area contributed by atoms with Gasteiger partial charge in [0.15, 0.2) is 23.0 Å². The molecule has 0 bridgehead atoms. The number of benzene rings is 2. The van der Waals surface area contributed by atoms with Crippen LogP contribution in [0.15, 0.2) is 48.6 Å². The summed E-state index contributed by atoms with van der Waals surface area (Å²) >= 11 is 0. The number of fused-ring (bicyclic) bond motifs is 2. The molecule has 0 saturated heterocycles. The first-order valence-corrected chi connectivity index (χ1v) is 12.9. The number of ether oxygens (including phenoxy) is 4. The number of amides is 2. The van der Waals surface area contributed by atoms with Gasteiger partial charge in [-0.15, -0.1) is 0 Å². The second-order valence-corrected chi connectivity index (χ2v) is 11.4. The molecule has 8 heteroatoms. The number of carbonyl (C=O) groups is 2. The molecule has 3 aliphatic rings. The first kappa shape index (κ1) is 25.7. The highest BCUT2D eigenvalue weighted by molar-refractivity contribution is 5.92. The van der Waals surface area contributed by atoms with E-state index >= 15 is 0 Å².